The zero-order chi connectivity index (χ0) is 19.8. The summed E-state index contributed by atoms with van der Waals surface area (Å²) in [5.74, 6) is 1.51. The van der Waals surface area contributed by atoms with Crippen LogP contribution < -0.4 is 15.5 Å². The van der Waals surface area contributed by atoms with Gasteiger partial charge in [0.15, 0.2) is 5.11 Å². The summed E-state index contributed by atoms with van der Waals surface area (Å²) < 4.78 is 5.49. The number of allylic oxidation sites excluding steroid dienone is 1. The van der Waals surface area contributed by atoms with Crippen molar-refractivity contribution < 1.29 is 9.53 Å². The molecule has 1 atom stereocenters. The van der Waals surface area contributed by atoms with Gasteiger partial charge in [0.05, 0.1) is 11.6 Å². The van der Waals surface area contributed by atoms with Crippen LogP contribution in [0.15, 0.2) is 35.5 Å². The Labute approximate surface area is 171 Å². The van der Waals surface area contributed by atoms with Crippen LogP contribution in [-0.2, 0) is 9.53 Å². The maximum atomic E-state index is 12.7. The Morgan fingerprint density at radius 1 is 1.22 bits per heavy atom. The number of hydrogen-bond donors (Lipinski definition) is 2. The summed E-state index contributed by atoms with van der Waals surface area (Å²) in [6.45, 7) is 10.6. The van der Waals surface area contributed by atoms with E-state index in [4.69, 9.17) is 17.0 Å². The van der Waals surface area contributed by atoms with Gasteiger partial charge in [-0.05, 0) is 56.4 Å². The number of carbonyl (C=O) groups excluding carboxylic acids is 1. The second-order valence-electron chi connectivity index (χ2n) is 6.17. The highest BCUT2D eigenvalue weighted by atomic mass is 32.2. The molecule has 0 unspecified atom stereocenters. The number of thioether (sulfide) groups is 1. The molecule has 0 radical (unpaired) electrons. The van der Waals surface area contributed by atoms with Gasteiger partial charge in [-0.3, -0.25) is 0 Å². The van der Waals surface area contributed by atoms with E-state index in [1.54, 1.807) is 11.8 Å². The SMILES string of the molecule is CCSCCOC(=O)C1=C(C)NC(=S)N[C@H]1c1ccc(N(CC)CC)cc1. The van der Waals surface area contributed by atoms with Crippen molar-refractivity contribution in [2.24, 2.45) is 0 Å². The number of nitrogens with zero attached hydrogens (tertiary/aromatic N) is 1. The molecule has 1 aliphatic heterocycles. The minimum absolute atomic E-state index is 0.301. The number of anilines is 1. The van der Waals surface area contributed by atoms with Crippen LogP contribution in [0.3, 0.4) is 0 Å². The fourth-order valence-corrected chi connectivity index (χ4v) is 3.86. The molecule has 1 heterocycles. The van der Waals surface area contributed by atoms with Crippen molar-refractivity contribution in [1.29, 1.82) is 0 Å². The lowest BCUT2D eigenvalue weighted by Gasteiger charge is -2.30. The molecule has 5 nitrogen and oxygen atoms in total. The molecule has 0 bridgehead atoms. The number of rotatable bonds is 9. The molecule has 2 N–H and O–H groups in total. The number of benzene rings is 1. The molecule has 1 aromatic rings. The Morgan fingerprint density at radius 2 is 1.89 bits per heavy atom. The summed E-state index contributed by atoms with van der Waals surface area (Å²) in [4.78, 5) is 15.0. The third-order valence-electron chi connectivity index (χ3n) is 4.51. The lowest BCUT2D eigenvalue weighted by atomic mass is 9.95. The largest absolute Gasteiger partial charge is 0.461 e. The molecule has 0 saturated heterocycles. The number of thiocarbonyl (C=S) groups is 1. The molecule has 27 heavy (non-hydrogen) atoms. The molecule has 7 heteroatoms. The van der Waals surface area contributed by atoms with Crippen molar-refractivity contribution >= 4 is 40.7 Å². The summed E-state index contributed by atoms with van der Waals surface area (Å²) in [6.07, 6.45) is 0. The maximum absolute atomic E-state index is 12.7. The fourth-order valence-electron chi connectivity index (χ4n) is 3.10. The lowest BCUT2D eigenvalue weighted by Crippen LogP contribution is -2.45. The van der Waals surface area contributed by atoms with Gasteiger partial charge < -0.3 is 20.3 Å². The van der Waals surface area contributed by atoms with Gasteiger partial charge in [0, 0.05) is 30.2 Å². The van der Waals surface area contributed by atoms with Gasteiger partial charge >= 0.3 is 5.97 Å². The van der Waals surface area contributed by atoms with Crippen molar-refractivity contribution in [3.63, 3.8) is 0 Å². The minimum atomic E-state index is -0.309. The van der Waals surface area contributed by atoms with Gasteiger partial charge in [0.25, 0.3) is 0 Å². The van der Waals surface area contributed by atoms with Crippen LogP contribution in [0, 0.1) is 0 Å². The van der Waals surface area contributed by atoms with Crippen LogP contribution in [0.4, 0.5) is 5.69 Å². The number of carbonyl (C=O) groups is 1. The monoisotopic (exact) mass is 407 g/mol. The molecule has 0 aromatic heterocycles. The summed E-state index contributed by atoms with van der Waals surface area (Å²) in [5.41, 5.74) is 3.48. The highest BCUT2D eigenvalue weighted by Gasteiger charge is 2.30. The molecule has 0 spiro atoms. The van der Waals surface area contributed by atoms with Gasteiger partial charge in [-0.15, -0.1) is 0 Å². The van der Waals surface area contributed by atoms with Crippen molar-refractivity contribution in [1.82, 2.24) is 10.6 Å². The molecule has 0 saturated carbocycles. The average Bonchev–Trinajstić information content (AvgIpc) is 2.66. The van der Waals surface area contributed by atoms with Gasteiger partial charge in [-0.25, -0.2) is 4.79 Å². The van der Waals surface area contributed by atoms with Gasteiger partial charge in [0.1, 0.15) is 6.61 Å². The van der Waals surface area contributed by atoms with Crippen LogP contribution in [0.25, 0.3) is 0 Å². The second kappa shape index (κ2) is 10.6. The molecule has 148 valence electrons. The summed E-state index contributed by atoms with van der Waals surface area (Å²) in [6, 6.07) is 7.96. The average molecular weight is 408 g/mol. The highest BCUT2D eigenvalue weighted by Crippen LogP contribution is 2.29. The fraction of sp³-hybridized carbons (Fsp3) is 0.500. The first-order valence-corrected chi connectivity index (χ1v) is 11.0. The summed E-state index contributed by atoms with van der Waals surface area (Å²) in [5, 5.41) is 6.78. The van der Waals surface area contributed by atoms with Gasteiger partial charge in [-0.1, -0.05) is 19.1 Å². The molecule has 1 aromatic carbocycles. The molecule has 2 rings (SSSR count). The normalized spacial score (nSPS) is 16.6. The quantitative estimate of drug-likeness (QED) is 0.368. The van der Waals surface area contributed by atoms with Crippen molar-refractivity contribution in [3.8, 4) is 0 Å². The molecule has 1 aliphatic rings. The summed E-state index contributed by atoms with van der Waals surface area (Å²) in [7, 11) is 0. The van der Waals surface area contributed by atoms with Gasteiger partial charge in [-0.2, -0.15) is 11.8 Å². The first-order valence-electron chi connectivity index (χ1n) is 9.39. The van der Waals surface area contributed by atoms with E-state index in [0.717, 1.165) is 35.9 Å². The van der Waals surface area contributed by atoms with Crippen LogP contribution >= 0.6 is 24.0 Å². The van der Waals surface area contributed by atoms with E-state index in [9.17, 15) is 4.79 Å². The zero-order valence-corrected chi connectivity index (χ0v) is 18.1. The van der Waals surface area contributed by atoms with E-state index >= 15 is 0 Å². The lowest BCUT2D eigenvalue weighted by molar-refractivity contribution is -0.138. The third kappa shape index (κ3) is 5.62. The van der Waals surface area contributed by atoms with Crippen LogP contribution in [-0.4, -0.2) is 42.3 Å². The first-order chi connectivity index (χ1) is 13.0. The van der Waals surface area contributed by atoms with E-state index in [-0.39, 0.29) is 12.0 Å². The highest BCUT2D eigenvalue weighted by molar-refractivity contribution is 7.99. The van der Waals surface area contributed by atoms with E-state index < -0.39 is 0 Å². The Morgan fingerprint density at radius 3 is 2.48 bits per heavy atom. The van der Waals surface area contributed by atoms with Crippen molar-refractivity contribution in [3.05, 3.63) is 41.1 Å². The molecule has 0 fully saturated rings. The van der Waals surface area contributed by atoms with E-state index in [2.05, 4.69) is 48.4 Å². The molecule has 0 aliphatic carbocycles. The van der Waals surface area contributed by atoms with E-state index in [1.165, 1.54) is 5.69 Å². The van der Waals surface area contributed by atoms with Crippen LogP contribution in [0.2, 0.25) is 0 Å². The van der Waals surface area contributed by atoms with Crippen molar-refractivity contribution in [2.75, 3.05) is 36.1 Å². The predicted molar refractivity (Wildman–Crippen MR) is 118 cm³/mol. The number of esters is 1. The zero-order valence-electron chi connectivity index (χ0n) is 16.5. The maximum Gasteiger partial charge on any atom is 0.338 e. The number of ether oxygens (including phenoxy) is 1. The Kier molecular flexibility index (Phi) is 8.44. The standard InChI is InChI=1S/C20H29N3O2S2/c1-5-23(6-2)16-10-8-15(9-11-16)18-17(14(4)21-20(26)22-18)19(24)25-12-13-27-7-3/h8-11,18H,5-7,12-13H2,1-4H3,(H2,21,22,26)/t18-/m0/s1. The van der Waals surface area contributed by atoms with Crippen LogP contribution in [0.5, 0.6) is 0 Å². The number of hydrogen-bond acceptors (Lipinski definition) is 5. The van der Waals surface area contributed by atoms with E-state index in [1.807, 2.05) is 19.1 Å². The van der Waals surface area contributed by atoms with E-state index in [0.29, 0.717) is 17.3 Å². The Balaban J connectivity index is 2.22. The minimum Gasteiger partial charge on any atom is -0.461 e. The third-order valence-corrected chi connectivity index (χ3v) is 5.59. The molecule has 0 amide bonds. The Hall–Kier alpha value is -1.73. The predicted octanol–water partition coefficient (Wildman–Crippen LogP) is 3.62. The molecular formula is C20H29N3O2S2. The number of nitrogens with one attached hydrogen (secondary N) is 2. The Bertz CT molecular complexity index is 685. The topological polar surface area (TPSA) is 53.6 Å². The smallest absolute Gasteiger partial charge is 0.338 e. The van der Waals surface area contributed by atoms with Crippen molar-refractivity contribution in [2.45, 2.75) is 33.7 Å². The summed E-state index contributed by atoms with van der Waals surface area (Å²) >= 11 is 7.06. The van der Waals surface area contributed by atoms with Gasteiger partial charge in [0.2, 0.25) is 0 Å². The van der Waals surface area contributed by atoms with Crippen LogP contribution in [0.1, 0.15) is 39.3 Å². The second-order valence-corrected chi connectivity index (χ2v) is 7.97. The first kappa shape index (κ1) is 21.6. The molecular weight excluding hydrogens is 378 g/mol.